The van der Waals surface area contributed by atoms with Gasteiger partial charge in [-0.25, -0.2) is 4.90 Å². The number of carbonyl (C=O) groups is 2. The molecule has 0 radical (unpaired) electrons. The highest BCUT2D eigenvalue weighted by atomic mass is 35.5. The molecule has 2 heterocycles. The van der Waals surface area contributed by atoms with Crippen molar-refractivity contribution < 1.29 is 9.59 Å². The van der Waals surface area contributed by atoms with Crippen molar-refractivity contribution in [3.63, 3.8) is 0 Å². The molecule has 6 heteroatoms. The molecule has 0 aliphatic carbocycles. The van der Waals surface area contributed by atoms with Crippen molar-refractivity contribution in [2.75, 3.05) is 28.2 Å². The van der Waals surface area contributed by atoms with Crippen molar-refractivity contribution in [3.05, 3.63) is 94.6 Å². The Balaban J connectivity index is 1.52. The number of nitrogens with zero attached hydrogens (tertiary/aromatic N) is 2. The molecule has 0 saturated carbocycles. The molecule has 5 rings (SSSR count). The first kappa shape index (κ1) is 21.3. The molecule has 1 fully saturated rings. The Hall–Kier alpha value is -3.57. The van der Waals surface area contributed by atoms with Crippen LogP contribution in [0.1, 0.15) is 24.0 Å². The number of nitrogens with one attached hydrogen (secondary N) is 1. The van der Waals surface area contributed by atoms with Gasteiger partial charge in [0.1, 0.15) is 5.70 Å². The van der Waals surface area contributed by atoms with Crippen molar-refractivity contribution in [1.82, 2.24) is 0 Å². The minimum absolute atomic E-state index is 0.273. The lowest BCUT2D eigenvalue weighted by Gasteiger charge is -2.19. The Kier molecular flexibility index (Phi) is 5.65. The van der Waals surface area contributed by atoms with E-state index in [-0.39, 0.29) is 17.5 Å². The van der Waals surface area contributed by atoms with E-state index in [0.29, 0.717) is 21.8 Å². The zero-order valence-electron chi connectivity index (χ0n) is 18.3. The van der Waals surface area contributed by atoms with E-state index in [2.05, 4.69) is 22.3 Å². The largest absolute Gasteiger partial charge is 0.372 e. The Morgan fingerprint density at radius 2 is 1.55 bits per heavy atom. The summed E-state index contributed by atoms with van der Waals surface area (Å²) in [7, 11) is 0. The standard InChI is InChI=1S/C27H24ClN3O2/c1-18-17-20(28)9-14-23(18)31-26(32)24(19-7-3-2-4-8-19)25(27(31)33)29-21-10-12-22(13-11-21)30-15-5-6-16-30/h2-4,7-14,17,29H,5-6,15-16H2,1H3. The van der Waals surface area contributed by atoms with Crippen LogP contribution in [0, 0.1) is 6.92 Å². The second kappa shape index (κ2) is 8.75. The molecular formula is C27H24ClN3O2. The zero-order chi connectivity index (χ0) is 22.9. The lowest BCUT2D eigenvalue weighted by Crippen LogP contribution is -2.33. The van der Waals surface area contributed by atoms with E-state index in [1.54, 1.807) is 18.2 Å². The zero-order valence-corrected chi connectivity index (χ0v) is 19.1. The van der Waals surface area contributed by atoms with Crippen LogP contribution in [-0.4, -0.2) is 24.9 Å². The van der Waals surface area contributed by atoms with E-state index in [4.69, 9.17) is 11.6 Å². The molecule has 3 aromatic carbocycles. The SMILES string of the molecule is Cc1cc(Cl)ccc1N1C(=O)C(Nc2ccc(N3CCCC3)cc2)=C(c2ccccc2)C1=O. The maximum atomic E-state index is 13.6. The maximum absolute atomic E-state index is 13.6. The van der Waals surface area contributed by atoms with Crippen LogP contribution in [0.3, 0.4) is 0 Å². The highest BCUT2D eigenvalue weighted by Gasteiger charge is 2.40. The summed E-state index contributed by atoms with van der Waals surface area (Å²) in [5.41, 5.74) is 4.55. The minimum atomic E-state index is -0.382. The molecule has 5 nitrogen and oxygen atoms in total. The summed E-state index contributed by atoms with van der Waals surface area (Å²) in [5, 5.41) is 3.80. The molecule has 0 bridgehead atoms. The van der Waals surface area contributed by atoms with Crippen LogP contribution >= 0.6 is 11.6 Å². The first-order chi connectivity index (χ1) is 16.0. The van der Waals surface area contributed by atoms with Crippen LogP contribution in [0.5, 0.6) is 0 Å². The molecule has 33 heavy (non-hydrogen) atoms. The highest BCUT2D eigenvalue weighted by molar-refractivity contribution is 6.46. The summed E-state index contributed by atoms with van der Waals surface area (Å²) in [6.45, 7) is 3.98. The van der Waals surface area contributed by atoms with Gasteiger partial charge in [-0.3, -0.25) is 9.59 Å². The summed E-state index contributed by atoms with van der Waals surface area (Å²) in [5.74, 6) is -0.735. The quantitative estimate of drug-likeness (QED) is 0.503. The maximum Gasteiger partial charge on any atom is 0.282 e. The molecule has 2 aliphatic heterocycles. The van der Waals surface area contributed by atoms with Gasteiger partial charge < -0.3 is 10.2 Å². The number of amides is 2. The van der Waals surface area contributed by atoms with E-state index >= 15 is 0 Å². The second-order valence-electron chi connectivity index (χ2n) is 8.36. The summed E-state index contributed by atoms with van der Waals surface area (Å²) >= 11 is 6.10. The number of benzene rings is 3. The molecule has 3 aromatic rings. The van der Waals surface area contributed by atoms with Gasteiger partial charge in [0, 0.05) is 29.5 Å². The number of aryl methyl sites for hydroxylation is 1. The van der Waals surface area contributed by atoms with Crippen molar-refractivity contribution in [2.24, 2.45) is 0 Å². The molecule has 0 unspecified atom stereocenters. The average molecular weight is 458 g/mol. The lowest BCUT2D eigenvalue weighted by atomic mass is 10.0. The summed E-state index contributed by atoms with van der Waals surface area (Å²) in [6, 6.07) is 22.5. The van der Waals surface area contributed by atoms with Crippen LogP contribution in [0.2, 0.25) is 5.02 Å². The fourth-order valence-electron chi connectivity index (χ4n) is 4.48. The van der Waals surface area contributed by atoms with Gasteiger partial charge in [0.05, 0.1) is 11.3 Å². The molecule has 2 aliphatic rings. The second-order valence-corrected chi connectivity index (χ2v) is 8.80. The number of imide groups is 1. The van der Waals surface area contributed by atoms with E-state index in [1.807, 2.05) is 49.4 Å². The summed E-state index contributed by atoms with van der Waals surface area (Å²) in [4.78, 5) is 30.7. The van der Waals surface area contributed by atoms with Crippen LogP contribution in [0.15, 0.2) is 78.5 Å². The number of hydrogen-bond acceptors (Lipinski definition) is 4. The van der Waals surface area contributed by atoms with Gasteiger partial charge >= 0.3 is 0 Å². The third-order valence-corrected chi connectivity index (χ3v) is 6.39. The first-order valence-electron chi connectivity index (χ1n) is 11.1. The van der Waals surface area contributed by atoms with Crippen molar-refractivity contribution in [2.45, 2.75) is 19.8 Å². The van der Waals surface area contributed by atoms with Crippen LogP contribution in [0.25, 0.3) is 5.57 Å². The smallest absolute Gasteiger partial charge is 0.282 e. The van der Waals surface area contributed by atoms with E-state index in [0.717, 1.165) is 24.3 Å². The first-order valence-corrected chi connectivity index (χ1v) is 11.5. The predicted molar refractivity (Wildman–Crippen MR) is 134 cm³/mol. The summed E-state index contributed by atoms with van der Waals surface area (Å²) in [6.07, 6.45) is 2.42. The number of halogens is 1. The summed E-state index contributed by atoms with van der Waals surface area (Å²) < 4.78 is 0. The van der Waals surface area contributed by atoms with Crippen LogP contribution < -0.4 is 15.1 Å². The number of rotatable bonds is 5. The third-order valence-electron chi connectivity index (χ3n) is 6.15. The normalized spacial score (nSPS) is 16.2. The molecular weight excluding hydrogens is 434 g/mol. The van der Waals surface area contributed by atoms with Crippen molar-refractivity contribution in [1.29, 1.82) is 0 Å². The van der Waals surface area contributed by atoms with Gasteiger partial charge in [-0.05, 0) is 73.4 Å². The van der Waals surface area contributed by atoms with Crippen LogP contribution in [-0.2, 0) is 9.59 Å². The molecule has 0 spiro atoms. The third kappa shape index (κ3) is 4.00. The monoisotopic (exact) mass is 457 g/mol. The van der Waals surface area contributed by atoms with E-state index in [9.17, 15) is 9.59 Å². The molecule has 0 aromatic heterocycles. The molecule has 166 valence electrons. The van der Waals surface area contributed by atoms with E-state index in [1.165, 1.54) is 23.4 Å². The Labute approximate surface area is 198 Å². The Morgan fingerprint density at radius 3 is 2.21 bits per heavy atom. The number of anilines is 3. The lowest BCUT2D eigenvalue weighted by molar-refractivity contribution is -0.120. The van der Waals surface area contributed by atoms with Gasteiger partial charge in [0.25, 0.3) is 11.8 Å². The Bertz CT molecular complexity index is 1250. The van der Waals surface area contributed by atoms with Gasteiger partial charge in [0.2, 0.25) is 0 Å². The average Bonchev–Trinajstić information content (AvgIpc) is 3.43. The van der Waals surface area contributed by atoms with Crippen molar-refractivity contribution in [3.8, 4) is 0 Å². The van der Waals surface area contributed by atoms with E-state index < -0.39 is 0 Å². The highest BCUT2D eigenvalue weighted by Crippen LogP contribution is 2.36. The van der Waals surface area contributed by atoms with Gasteiger partial charge in [-0.2, -0.15) is 0 Å². The van der Waals surface area contributed by atoms with Gasteiger partial charge in [0.15, 0.2) is 0 Å². The molecule has 1 N–H and O–H groups in total. The number of hydrogen-bond donors (Lipinski definition) is 1. The van der Waals surface area contributed by atoms with Gasteiger partial charge in [-0.15, -0.1) is 0 Å². The molecule has 2 amide bonds. The Morgan fingerprint density at radius 1 is 0.848 bits per heavy atom. The van der Waals surface area contributed by atoms with Crippen molar-refractivity contribution >= 4 is 46.1 Å². The predicted octanol–water partition coefficient (Wildman–Crippen LogP) is 5.65. The molecule has 0 atom stereocenters. The van der Waals surface area contributed by atoms with Gasteiger partial charge in [-0.1, -0.05) is 41.9 Å². The molecule has 1 saturated heterocycles. The fourth-order valence-corrected chi connectivity index (χ4v) is 4.71. The fraction of sp³-hybridized carbons (Fsp3) is 0.185. The topological polar surface area (TPSA) is 52.7 Å². The van der Waals surface area contributed by atoms with Crippen LogP contribution in [0.4, 0.5) is 17.1 Å². The number of carbonyl (C=O) groups excluding carboxylic acids is 2. The minimum Gasteiger partial charge on any atom is -0.372 e.